The van der Waals surface area contributed by atoms with Crippen LogP contribution in [0.5, 0.6) is 5.75 Å². The SMILES string of the molecule is O=C(c1ccc(OCc2ccccc2)cc1)N1CCN(c2ncccc2Cl)CC1. The number of rotatable bonds is 5. The number of ether oxygens (including phenoxy) is 1. The molecule has 2 heterocycles. The minimum atomic E-state index is 0.0337. The Labute approximate surface area is 175 Å². The minimum Gasteiger partial charge on any atom is -0.489 e. The number of benzene rings is 2. The van der Waals surface area contributed by atoms with Crippen molar-refractivity contribution in [2.24, 2.45) is 0 Å². The highest BCUT2D eigenvalue weighted by atomic mass is 35.5. The number of hydrogen-bond acceptors (Lipinski definition) is 4. The summed E-state index contributed by atoms with van der Waals surface area (Å²) >= 11 is 6.24. The summed E-state index contributed by atoms with van der Waals surface area (Å²) in [6.45, 7) is 3.20. The fourth-order valence-corrected chi connectivity index (χ4v) is 3.59. The normalized spacial score (nSPS) is 14.0. The summed E-state index contributed by atoms with van der Waals surface area (Å²) in [5, 5.41) is 0.637. The number of anilines is 1. The van der Waals surface area contributed by atoms with E-state index in [2.05, 4.69) is 9.88 Å². The van der Waals surface area contributed by atoms with Crippen LogP contribution in [0.1, 0.15) is 15.9 Å². The van der Waals surface area contributed by atoms with Crippen LogP contribution in [0, 0.1) is 0 Å². The molecule has 3 aromatic rings. The predicted octanol–water partition coefficient (Wildman–Crippen LogP) is 4.28. The third-order valence-corrected chi connectivity index (χ3v) is 5.25. The van der Waals surface area contributed by atoms with E-state index in [0.717, 1.165) is 17.1 Å². The van der Waals surface area contributed by atoms with E-state index in [1.54, 1.807) is 6.20 Å². The molecule has 1 aliphatic heterocycles. The van der Waals surface area contributed by atoms with Crippen molar-refractivity contribution in [3.05, 3.63) is 89.1 Å². The van der Waals surface area contributed by atoms with E-state index in [4.69, 9.17) is 16.3 Å². The van der Waals surface area contributed by atoms with E-state index in [0.29, 0.717) is 43.4 Å². The van der Waals surface area contributed by atoms with Gasteiger partial charge in [-0.05, 0) is 42.0 Å². The van der Waals surface area contributed by atoms with Gasteiger partial charge in [0, 0.05) is 37.9 Å². The molecule has 148 valence electrons. The number of amides is 1. The molecule has 1 aliphatic rings. The van der Waals surface area contributed by atoms with E-state index in [1.807, 2.05) is 71.6 Å². The highest BCUT2D eigenvalue weighted by Gasteiger charge is 2.23. The molecule has 1 saturated heterocycles. The second-order valence-corrected chi connectivity index (χ2v) is 7.29. The van der Waals surface area contributed by atoms with Crippen LogP contribution in [0.2, 0.25) is 5.02 Å². The highest BCUT2D eigenvalue weighted by Crippen LogP contribution is 2.24. The van der Waals surface area contributed by atoms with Gasteiger partial charge in [-0.25, -0.2) is 4.98 Å². The Bertz CT molecular complexity index is 955. The molecule has 0 unspecified atom stereocenters. The number of pyridine rings is 1. The van der Waals surface area contributed by atoms with Crippen LogP contribution < -0.4 is 9.64 Å². The van der Waals surface area contributed by atoms with E-state index in [1.165, 1.54) is 0 Å². The molecule has 0 radical (unpaired) electrons. The first kappa shape index (κ1) is 19.3. The van der Waals surface area contributed by atoms with Gasteiger partial charge in [0.1, 0.15) is 18.2 Å². The lowest BCUT2D eigenvalue weighted by atomic mass is 10.1. The number of carbonyl (C=O) groups excluding carboxylic acids is 1. The van der Waals surface area contributed by atoms with Crippen LogP contribution in [0.4, 0.5) is 5.82 Å². The average Bonchev–Trinajstić information content (AvgIpc) is 2.79. The van der Waals surface area contributed by atoms with Crippen LogP contribution in [-0.4, -0.2) is 42.0 Å². The summed E-state index contributed by atoms with van der Waals surface area (Å²) in [6, 6.07) is 21.0. The number of halogens is 1. The van der Waals surface area contributed by atoms with Gasteiger partial charge in [0.05, 0.1) is 5.02 Å². The van der Waals surface area contributed by atoms with Gasteiger partial charge >= 0.3 is 0 Å². The van der Waals surface area contributed by atoms with Crippen LogP contribution in [0.15, 0.2) is 72.9 Å². The zero-order chi connectivity index (χ0) is 20.1. The van der Waals surface area contributed by atoms with Crippen LogP contribution in [-0.2, 0) is 6.61 Å². The van der Waals surface area contributed by atoms with Crippen LogP contribution in [0.3, 0.4) is 0 Å². The fourth-order valence-electron chi connectivity index (χ4n) is 3.35. The quantitative estimate of drug-likeness (QED) is 0.633. The van der Waals surface area contributed by atoms with E-state index >= 15 is 0 Å². The molecule has 5 nitrogen and oxygen atoms in total. The van der Waals surface area contributed by atoms with Crippen molar-refractivity contribution in [2.75, 3.05) is 31.1 Å². The largest absolute Gasteiger partial charge is 0.489 e. The summed E-state index contributed by atoms with van der Waals surface area (Å²) in [6.07, 6.45) is 1.74. The van der Waals surface area contributed by atoms with E-state index in [9.17, 15) is 4.79 Å². The van der Waals surface area contributed by atoms with Gasteiger partial charge in [-0.2, -0.15) is 0 Å². The predicted molar refractivity (Wildman–Crippen MR) is 115 cm³/mol. The molecule has 1 aromatic heterocycles. The molecule has 0 saturated carbocycles. The van der Waals surface area contributed by atoms with E-state index < -0.39 is 0 Å². The number of hydrogen-bond donors (Lipinski definition) is 0. The van der Waals surface area contributed by atoms with Crippen LogP contribution in [0.25, 0.3) is 0 Å². The summed E-state index contributed by atoms with van der Waals surface area (Å²) in [5.74, 6) is 1.56. The summed E-state index contributed by atoms with van der Waals surface area (Å²) in [5.41, 5.74) is 1.78. The third kappa shape index (κ3) is 4.69. The maximum atomic E-state index is 12.8. The van der Waals surface area contributed by atoms with Gasteiger partial charge in [0.15, 0.2) is 0 Å². The van der Waals surface area contributed by atoms with Crippen molar-refractivity contribution >= 4 is 23.3 Å². The Morgan fingerprint density at radius 1 is 0.931 bits per heavy atom. The number of aromatic nitrogens is 1. The molecule has 0 N–H and O–H groups in total. The Morgan fingerprint density at radius 2 is 1.66 bits per heavy atom. The molecule has 0 aliphatic carbocycles. The standard InChI is InChI=1S/C23H22ClN3O2/c24-21-7-4-12-25-22(21)26-13-15-27(16-14-26)23(28)19-8-10-20(11-9-19)29-17-18-5-2-1-3-6-18/h1-12H,13-17H2. The molecule has 29 heavy (non-hydrogen) atoms. The third-order valence-electron chi connectivity index (χ3n) is 4.96. The molecular weight excluding hydrogens is 386 g/mol. The van der Waals surface area contributed by atoms with Crippen molar-refractivity contribution in [1.82, 2.24) is 9.88 Å². The summed E-state index contributed by atoms with van der Waals surface area (Å²) < 4.78 is 5.80. The Morgan fingerprint density at radius 3 is 2.34 bits per heavy atom. The Kier molecular flexibility index (Phi) is 5.96. The molecule has 4 rings (SSSR count). The van der Waals surface area contributed by atoms with Crippen molar-refractivity contribution in [3.63, 3.8) is 0 Å². The first-order valence-corrected chi connectivity index (χ1v) is 10.00. The van der Waals surface area contributed by atoms with Gasteiger partial charge in [0.2, 0.25) is 0 Å². The number of nitrogens with zero attached hydrogens (tertiary/aromatic N) is 3. The smallest absolute Gasteiger partial charge is 0.253 e. The van der Waals surface area contributed by atoms with Crippen molar-refractivity contribution in [3.8, 4) is 5.75 Å². The van der Waals surface area contributed by atoms with Gasteiger partial charge < -0.3 is 14.5 Å². The van der Waals surface area contributed by atoms with Crippen molar-refractivity contribution in [1.29, 1.82) is 0 Å². The van der Waals surface area contributed by atoms with Crippen molar-refractivity contribution < 1.29 is 9.53 Å². The monoisotopic (exact) mass is 407 g/mol. The number of piperazine rings is 1. The van der Waals surface area contributed by atoms with Gasteiger partial charge in [0.25, 0.3) is 5.91 Å². The maximum Gasteiger partial charge on any atom is 0.253 e. The topological polar surface area (TPSA) is 45.7 Å². The lowest BCUT2D eigenvalue weighted by Crippen LogP contribution is -2.49. The fraction of sp³-hybridized carbons (Fsp3) is 0.217. The molecular formula is C23H22ClN3O2. The summed E-state index contributed by atoms with van der Waals surface area (Å²) in [7, 11) is 0. The highest BCUT2D eigenvalue weighted by molar-refractivity contribution is 6.32. The molecule has 0 bridgehead atoms. The molecule has 6 heteroatoms. The van der Waals surface area contributed by atoms with Crippen molar-refractivity contribution in [2.45, 2.75) is 6.61 Å². The number of carbonyl (C=O) groups is 1. The zero-order valence-corrected chi connectivity index (χ0v) is 16.8. The molecule has 1 amide bonds. The first-order chi connectivity index (χ1) is 14.2. The Balaban J connectivity index is 1.32. The molecule has 0 spiro atoms. The van der Waals surface area contributed by atoms with Gasteiger partial charge in [-0.15, -0.1) is 0 Å². The first-order valence-electron chi connectivity index (χ1n) is 9.62. The minimum absolute atomic E-state index is 0.0337. The van der Waals surface area contributed by atoms with Gasteiger partial charge in [-0.1, -0.05) is 41.9 Å². The second-order valence-electron chi connectivity index (χ2n) is 6.89. The molecule has 2 aromatic carbocycles. The maximum absolute atomic E-state index is 12.8. The molecule has 1 fully saturated rings. The lowest BCUT2D eigenvalue weighted by molar-refractivity contribution is 0.0746. The van der Waals surface area contributed by atoms with E-state index in [-0.39, 0.29) is 5.91 Å². The lowest BCUT2D eigenvalue weighted by Gasteiger charge is -2.35. The average molecular weight is 408 g/mol. The van der Waals surface area contributed by atoms with Crippen LogP contribution >= 0.6 is 11.6 Å². The van der Waals surface area contributed by atoms with Gasteiger partial charge in [-0.3, -0.25) is 4.79 Å². The summed E-state index contributed by atoms with van der Waals surface area (Å²) in [4.78, 5) is 21.2. The second kappa shape index (κ2) is 8.97. The zero-order valence-electron chi connectivity index (χ0n) is 16.0. The Hall–Kier alpha value is -3.05. The molecule has 0 atom stereocenters.